The number of fused-ring (bicyclic) bond motifs is 5. The number of carboxylic acid groups (broad SMARTS) is 1. The first-order valence-corrected chi connectivity index (χ1v) is 14.3. The maximum absolute atomic E-state index is 12.6. The van der Waals surface area contributed by atoms with Crippen molar-refractivity contribution in [2.75, 3.05) is 0 Å². The van der Waals surface area contributed by atoms with Crippen molar-refractivity contribution in [1.82, 2.24) is 0 Å². The van der Waals surface area contributed by atoms with Gasteiger partial charge in [-0.2, -0.15) is 0 Å². The zero-order valence-corrected chi connectivity index (χ0v) is 23.8. The minimum atomic E-state index is -0.953. The number of aliphatic hydroxyl groups is 2. The number of rotatable bonds is 5. The number of esters is 1. The van der Waals surface area contributed by atoms with Crippen LogP contribution in [0.1, 0.15) is 99.8 Å². The molecular formula is C31H48O6. The summed E-state index contributed by atoms with van der Waals surface area (Å²) >= 11 is 0. The lowest BCUT2D eigenvalue weighted by atomic mass is 9.36. The van der Waals surface area contributed by atoms with Crippen molar-refractivity contribution >= 4 is 11.9 Å². The molecule has 4 saturated carbocycles. The van der Waals surface area contributed by atoms with Crippen LogP contribution in [0.3, 0.4) is 0 Å². The summed E-state index contributed by atoms with van der Waals surface area (Å²) in [6, 6.07) is 0. The Morgan fingerprint density at radius 1 is 1.03 bits per heavy atom. The Morgan fingerprint density at radius 2 is 1.70 bits per heavy atom. The molecule has 4 aliphatic rings. The highest BCUT2D eigenvalue weighted by atomic mass is 16.5. The van der Waals surface area contributed by atoms with Gasteiger partial charge in [0.05, 0.1) is 12.2 Å². The molecule has 0 bridgehead atoms. The maximum Gasteiger partial charge on any atom is 0.331 e. The molecule has 0 amide bonds. The van der Waals surface area contributed by atoms with Crippen LogP contribution in [0.25, 0.3) is 0 Å². The van der Waals surface area contributed by atoms with Crippen LogP contribution in [0.2, 0.25) is 0 Å². The lowest BCUT2D eigenvalue weighted by Gasteiger charge is -2.69. The van der Waals surface area contributed by atoms with Gasteiger partial charge in [0.15, 0.2) is 0 Å². The molecule has 10 atom stereocenters. The number of allylic oxidation sites excluding steroid dienone is 2. The van der Waals surface area contributed by atoms with E-state index in [0.29, 0.717) is 37.2 Å². The monoisotopic (exact) mass is 516 g/mol. The van der Waals surface area contributed by atoms with Gasteiger partial charge < -0.3 is 20.1 Å². The average Bonchev–Trinajstić information content (AvgIpc) is 3.05. The van der Waals surface area contributed by atoms with E-state index in [1.54, 1.807) is 0 Å². The zero-order valence-electron chi connectivity index (χ0n) is 23.8. The quantitative estimate of drug-likeness (QED) is 0.247. The first kappa shape index (κ1) is 28.4. The lowest BCUT2D eigenvalue weighted by molar-refractivity contribution is -0.234. The third kappa shape index (κ3) is 4.40. The van der Waals surface area contributed by atoms with E-state index in [0.717, 1.165) is 36.8 Å². The minimum absolute atomic E-state index is 0.0474. The van der Waals surface area contributed by atoms with Gasteiger partial charge in [-0.1, -0.05) is 39.3 Å². The summed E-state index contributed by atoms with van der Waals surface area (Å²) in [4.78, 5) is 24.8. The SMILES string of the molecule is CC(=O)O[C@H]1C[C@@]2(C)[C@@H](C[C@@H](O)[C@H]3[C@@]4(C)CC[C@@H](O)[C@@H](C)C4CC[C@@]32C)/C1=C(/CCC=C(C)C)C(=O)O. The lowest BCUT2D eigenvalue weighted by Crippen LogP contribution is -2.65. The number of carbonyl (C=O) groups excluding carboxylic acids is 1. The largest absolute Gasteiger partial charge is 0.478 e. The highest BCUT2D eigenvalue weighted by Crippen LogP contribution is 2.74. The van der Waals surface area contributed by atoms with Crippen LogP contribution < -0.4 is 0 Å². The molecule has 6 heteroatoms. The van der Waals surface area contributed by atoms with E-state index >= 15 is 0 Å². The molecule has 0 heterocycles. The van der Waals surface area contributed by atoms with Gasteiger partial charge in [0.2, 0.25) is 0 Å². The van der Waals surface area contributed by atoms with Crippen molar-refractivity contribution in [3.63, 3.8) is 0 Å². The van der Waals surface area contributed by atoms with Crippen LogP contribution in [0.4, 0.5) is 0 Å². The van der Waals surface area contributed by atoms with Gasteiger partial charge in [-0.25, -0.2) is 4.79 Å². The average molecular weight is 517 g/mol. The van der Waals surface area contributed by atoms with Gasteiger partial charge in [-0.3, -0.25) is 4.79 Å². The number of aliphatic carboxylic acids is 1. The first-order valence-electron chi connectivity index (χ1n) is 14.3. The van der Waals surface area contributed by atoms with Crippen LogP contribution >= 0.6 is 0 Å². The topological polar surface area (TPSA) is 104 Å². The van der Waals surface area contributed by atoms with Crippen molar-refractivity contribution < 1.29 is 29.6 Å². The van der Waals surface area contributed by atoms with Gasteiger partial charge in [0.1, 0.15) is 6.10 Å². The minimum Gasteiger partial charge on any atom is -0.478 e. The second-order valence-corrected chi connectivity index (χ2v) is 13.6. The summed E-state index contributed by atoms with van der Waals surface area (Å²) in [6.07, 6.45) is 6.22. The fraction of sp³-hybridized carbons (Fsp3) is 0.806. The summed E-state index contributed by atoms with van der Waals surface area (Å²) in [5, 5.41) is 32.9. The molecule has 4 aliphatic carbocycles. The van der Waals surface area contributed by atoms with Crippen molar-refractivity contribution in [2.45, 2.75) is 118 Å². The highest BCUT2D eigenvalue weighted by molar-refractivity contribution is 5.88. The Kier molecular flexibility index (Phi) is 7.53. The van der Waals surface area contributed by atoms with Crippen LogP contribution in [0.5, 0.6) is 0 Å². The van der Waals surface area contributed by atoms with Crippen LogP contribution in [0, 0.1) is 39.9 Å². The van der Waals surface area contributed by atoms with Crippen LogP contribution in [0.15, 0.2) is 22.8 Å². The van der Waals surface area contributed by atoms with Crippen molar-refractivity contribution in [2.24, 2.45) is 39.9 Å². The van der Waals surface area contributed by atoms with Gasteiger partial charge in [0.25, 0.3) is 0 Å². The highest BCUT2D eigenvalue weighted by Gasteiger charge is 2.70. The van der Waals surface area contributed by atoms with E-state index in [-0.39, 0.29) is 40.1 Å². The standard InChI is InChI=1S/C31H48O6/c1-17(2)9-8-10-20(28(35)36)26-22-15-24(34)27-29(5)13-12-23(33)18(3)21(29)11-14-30(27,6)31(22,7)16-25(26)37-19(4)32/h9,18,21-25,27,33-34H,8,10-16H2,1-7H3,(H,35,36)/b26-20+/t18-,21?,22-,23+,24+,25-,27-,29-,30-,31-/m0/s1. The number of hydrogen-bond acceptors (Lipinski definition) is 5. The Balaban J connectivity index is 1.82. The molecule has 0 saturated heterocycles. The second-order valence-electron chi connectivity index (χ2n) is 13.6. The number of carbonyl (C=O) groups is 2. The maximum atomic E-state index is 12.6. The van der Waals surface area contributed by atoms with E-state index in [4.69, 9.17) is 4.74 Å². The number of hydrogen-bond donors (Lipinski definition) is 3. The van der Waals surface area contributed by atoms with E-state index in [9.17, 15) is 24.9 Å². The van der Waals surface area contributed by atoms with Crippen molar-refractivity contribution in [1.29, 1.82) is 0 Å². The molecule has 0 aliphatic heterocycles. The molecule has 6 nitrogen and oxygen atoms in total. The van der Waals surface area contributed by atoms with Gasteiger partial charge in [-0.15, -0.1) is 0 Å². The summed E-state index contributed by atoms with van der Waals surface area (Å²) in [5.41, 5.74) is 1.57. The molecule has 0 aromatic rings. The number of aliphatic hydroxyl groups excluding tert-OH is 2. The Bertz CT molecular complexity index is 994. The predicted molar refractivity (Wildman–Crippen MR) is 143 cm³/mol. The van der Waals surface area contributed by atoms with Crippen LogP contribution in [-0.4, -0.2) is 45.6 Å². The first-order chi connectivity index (χ1) is 17.2. The molecule has 0 aromatic heterocycles. The second kappa shape index (κ2) is 9.82. The molecule has 0 spiro atoms. The Hall–Kier alpha value is -1.66. The van der Waals surface area contributed by atoms with Crippen molar-refractivity contribution in [3.05, 3.63) is 22.8 Å². The summed E-state index contributed by atoms with van der Waals surface area (Å²) in [6.45, 7) is 14.5. The number of ether oxygens (including phenoxy) is 1. The molecule has 0 radical (unpaired) electrons. The predicted octanol–water partition coefficient (Wildman–Crippen LogP) is 5.67. The Labute approximate surface area is 222 Å². The van der Waals surface area contributed by atoms with Crippen LogP contribution in [-0.2, 0) is 14.3 Å². The van der Waals surface area contributed by atoms with E-state index in [1.807, 2.05) is 19.9 Å². The normalized spacial score (nSPS) is 46.2. The summed E-state index contributed by atoms with van der Waals surface area (Å²) in [5.74, 6) is -0.909. The fourth-order valence-corrected chi connectivity index (χ4v) is 9.79. The number of carboxylic acids is 1. The zero-order chi connectivity index (χ0) is 27.5. The molecule has 4 rings (SSSR count). The molecule has 208 valence electrons. The molecule has 4 fully saturated rings. The molecule has 37 heavy (non-hydrogen) atoms. The molecule has 3 N–H and O–H groups in total. The molecule has 1 unspecified atom stereocenters. The smallest absolute Gasteiger partial charge is 0.331 e. The molecule has 0 aromatic carbocycles. The van der Waals surface area contributed by atoms with E-state index in [1.165, 1.54) is 6.92 Å². The van der Waals surface area contributed by atoms with E-state index < -0.39 is 24.1 Å². The fourth-order valence-electron chi connectivity index (χ4n) is 9.79. The summed E-state index contributed by atoms with van der Waals surface area (Å²) in [7, 11) is 0. The third-order valence-electron chi connectivity index (χ3n) is 11.6. The molecular weight excluding hydrogens is 468 g/mol. The Morgan fingerprint density at radius 3 is 2.30 bits per heavy atom. The van der Waals surface area contributed by atoms with Gasteiger partial charge in [-0.05, 0) is 111 Å². The third-order valence-corrected chi connectivity index (χ3v) is 11.6. The van der Waals surface area contributed by atoms with Crippen molar-refractivity contribution in [3.8, 4) is 0 Å². The summed E-state index contributed by atoms with van der Waals surface area (Å²) < 4.78 is 5.87. The van der Waals surface area contributed by atoms with E-state index in [2.05, 4.69) is 27.7 Å². The van der Waals surface area contributed by atoms with Gasteiger partial charge in [0, 0.05) is 12.5 Å². The van der Waals surface area contributed by atoms with Gasteiger partial charge >= 0.3 is 11.9 Å².